The maximum absolute atomic E-state index is 14.2. The zero-order valence-electron chi connectivity index (χ0n) is 18.9. The van der Waals surface area contributed by atoms with Gasteiger partial charge in [-0.15, -0.1) is 0 Å². The fourth-order valence-electron chi connectivity index (χ4n) is 3.33. The monoisotopic (exact) mass is 504 g/mol. The van der Waals surface area contributed by atoms with Gasteiger partial charge in [-0.05, 0) is 54.4 Å². The van der Waals surface area contributed by atoms with Gasteiger partial charge in [0.05, 0.1) is 29.4 Å². The molecule has 3 aromatic carbocycles. The van der Waals surface area contributed by atoms with E-state index >= 15 is 0 Å². The Hall–Kier alpha value is -3.24. The summed E-state index contributed by atoms with van der Waals surface area (Å²) < 4.78 is 62.9. The number of sulfone groups is 1. The van der Waals surface area contributed by atoms with Crippen molar-refractivity contribution in [3.63, 3.8) is 0 Å². The molecule has 3 rings (SSSR count). The predicted molar refractivity (Wildman–Crippen MR) is 129 cm³/mol. The summed E-state index contributed by atoms with van der Waals surface area (Å²) in [5.74, 6) is -0.997. The molecule has 0 aromatic heterocycles. The van der Waals surface area contributed by atoms with Crippen LogP contribution in [0.25, 0.3) is 0 Å². The highest BCUT2D eigenvalue weighted by Gasteiger charge is 2.21. The van der Waals surface area contributed by atoms with Crippen LogP contribution >= 0.6 is 0 Å². The standard InChI is InChI=1S/C24H25FN2O5S2/c1-17(19-12-14-21(15-13-19)33(2,29)30)26-24(28)20-10-8-18(9-11-20)16-27(34(3,31)32)23-7-5-4-6-22(23)25/h4-15,17H,16H2,1-3H3,(H,26,28)/t17-/m0/s1. The molecule has 0 spiro atoms. The molecule has 0 aliphatic carbocycles. The molecule has 0 fully saturated rings. The Labute approximate surface area is 199 Å². The lowest BCUT2D eigenvalue weighted by molar-refractivity contribution is 0.0940. The predicted octanol–water partition coefficient (Wildman–Crippen LogP) is 3.69. The lowest BCUT2D eigenvalue weighted by atomic mass is 10.1. The van der Waals surface area contributed by atoms with Crippen LogP contribution in [0.4, 0.5) is 10.1 Å². The first-order valence-electron chi connectivity index (χ1n) is 10.3. The van der Waals surface area contributed by atoms with Gasteiger partial charge in [0.25, 0.3) is 5.91 Å². The Morgan fingerprint density at radius 3 is 2.03 bits per heavy atom. The molecule has 180 valence electrons. The number of hydrogen-bond acceptors (Lipinski definition) is 5. The van der Waals surface area contributed by atoms with E-state index in [9.17, 15) is 26.0 Å². The van der Waals surface area contributed by atoms with E-state index in [4.69, 9.17) is 0 Å². The van der Waals surface area contributed by atoms with Crippen molar-refractivity contribution in [3.8, 4) is 0 Å². The molecule has 0 unspecified atom stereocenters. The van der Waals surface area contributed by atoms with Gasteiger partial charge in [0.2, 0.25) is 10.0 Å². The van der Waals surface area contributed by atoms with E-state index in [-0.39, 0.29) is 29.1 Å². The smallest absolute Gasteiger partial charge is 0.251 e. The Morgan fingerprint density at radius 1 is 0.912 bits per heavy atom. The molecule has 3 aromatic rings. The van der Waals surface area contributed by atoms with Gasteiger partial charge in [-0.25, -0.2) is 21.2 Å². The largest absolute Gasteiger partial charge is 0.346 e. The number of para-hydroxylation sites is 1. The zero-order chi connectivity index (χ0) is 25.1. The van der Waals surface area contributed by atoms with E-state index < -0.39 is 25.7 Å². The van der Waals surface area contributed by atoms with E-state index in [0.29, 0.717) is 11.1 Å². The molecule has 0 heterocycles. The fraction of sp³-hybridized carbons (Fsp3) is 0.208. The summed E-state index contributed by atoms with van der Waals surface area (Å²) in [6, 6.07) is 17.9. The molecule has 0 aliphatic rings. The van der Waals surface area contributed by atoms with Gasteiger partial charge < -0.3 is 5.32 Å². The van der Waals surface area contributed by atoms with E-state index in [0.717, 1.165) is 22.4 Å². The van der Waals surface area contributed by atoms with Crippen molar-refractivity contribution in [2.24, 2.45) is 0 Å². The summed E-state index contributed by atoms with van der Waals surface area (Å²) in [6.45, 7) is 1.69. The number of sulfonamides is 1. The van der Waals surface area contributed by atoms with Gasteiger partial charge >= 0.3 is 0 Å². The Kier molecular flexibility index (Phi) is 7.42. The lowest BCUT2D eigenvalue weighted by Crippen LogP contribution is -2.30. The minimum atomic E-state index is -3.75. The van der Waals surface area contributed by atoms with Crippen molar-refractivity contribution < 1.29 is 26.0 Å². The number of amides is 1. The highest BCUT2D eigenvalue weighted by molar-refractivity contribution is 7.92. The molecule has 10 heteroatoms. The minimum Gasteiger partial charge on any atom is -0.346 e. The molecular weight excluding hydrogens is 479 g/mol. The number of nitrogens with zero attached hydrogens (tertiary/aromatic N) is 1. The first kappa shape index (κ1) is 25.4. The third-order valence-corrected chi connectivity index (χ3v) is 7.47. The van der Waals surface area contributed by atoms with Crippen LogP contribution in [0.3, 0.4) is 0 Å². The van der Waals surface area contributed by atoms with Crippen molar-refractivity contribution in [2.75, 3.05) is 16.8 Å². The van der Waals surface area contributed by atoms with Crippen LogP contribution in [0, 0.1) is 5.82 Å². The van der Waals surface area contributed by atoms with Crippen LogP contribution in [0.1, 0.15) is 34.5 Å². The van der Waals surface area contributed by atoms with E-state index in [1.54, 1.807) is 49.4 Å². The maximum Gasteiger partial charge on any atom is 0.251 e. The van der Waals surface area contributed by atoms with Crippen LogP contribution in [0.5, 0.6) is 0 Å². The molecule has 0 radical (unpaired) electrons. The van der Waals surface area contributed by atoms with Gasteiger partial charge in [-0.3, -0.25) is 9.10 Å². The second-order valence-electron chi connectivity index (χ2n) is 7.95. The van der Waals surface area contributed by atoms with Gasteiger partial charge in [0.15, 0.2) is 9.84 Å². The van der Waals surface area contributed by atoms with E-state index in [1.165, 1.54) is 30.3 Å². The van der Waals surface area contributed by atoms with Crippen LogP contribution in [0.15, 0.2) is 77.7 Å². The quantitative estimate of drug-likeness (QED) is 0.504. The first-order valence-corrected chi connectivity index (χ1v) is 14.0. The van der Waals surface area contributed by atoms with E-state index in [2.05, 4.69) is 5.32 Å². The van der Waals surface area contributed by atoms with Gasteiger partial charge in [-0.1, -0.05) is 36.4 Å². The third kappa shape index (κ3) is 6.21. The summed E-state index contributed by atoms with van der Waals surface area (Å²) in [7, 11) is -7.05. The molecule has 7 nitrogen and oxygen atoms in total. The summed E-state index contributed by atoms with van der Waals surface area (Å²) >= 11 is 0. The summed E-state index contributed by atoms with van der Waals surface area (Å²) in [6.07, 6.45) is 2.13. The second kappa shape index (κ2) is 9.94. The lowest BCUT2D eigenvalue weighted by Gasteiger charge is -2.23. The maximum atomic E-state index is 14.2. The third-order valence-electron chi connectivity index (χ3n) is 5.22. The van der Waals surface area contributed by atoms with Gasteiger partial charge in [0, 0.05) is 11.8 Å². The number of anilines is 1. The molecule has 1 atom stereocenters. The number of carbonyl (C=O) groups excluding carboxylic acids is 1. The van der Waals surface area contributed by atoms with Crippen molar-refractivity contribution >= 4 is 31.5 Å². The van der Waals surface area contributed by atoms with Crippen LogP contribution < -0.4 is 9.62 Å². The molecule has 0 saturated heterocycles. The average Bonchev–Trinajstić information content (AvgIpc) is 2.77. The normalized spacial score (nSPS) is 12.7. The molecule has 0 saturated carbocycles. The summed E-state index contributed by atoms with van der Waals surface area (Å²) in [5, 5.41) is 2.84. The Balaban J connectivity index is 1.72. The number of hydrogen-bond donors (Lipinski definition) is 1. The Morgan fingerprint density at radius 2 is 1.50 bits per heavy atom. The molecule has 1 N–H and O–H groups in total. The molecule has 0 aliphatic heterocycles. The second-order valence-corrected chi connectivity index (χ2v) is 11.9. The van der Waals surface area contributed by atoms with Crippen molar-refractivity contribution in [1.29, 1.82) is 0 Å². The number of halogens is 1. The van der Waals surface area contributed by atoms with E-state index in [1.807, 2.05) is 0 Å². The zero-order valence-corrected chi connectivity index (χ0v) is 20.5. The van der Waals surface area contributed by atoms with Crippen LogP contribution in [-0.2, 0) is 26.4 Å². The molecule has 34 heavy (non-hydrogen) atoms. The van der Waals surface area contributed by atoms with Crippen molar-refractivity contribution in [1.82, 2.24) is 5.32 Å². The summed E-state index contributed by atoms with van der Waals surface area (Å²) in [4.78, 5) is 12.8. The molecule has 0 bridgehead atoms. The highest BCUT2D eigenvalue weighted by Crippen LogP contribution is 2.24. The molecule has 1 amide bonds. The fourth-order valence-corrected chi connectivity index (χ4v) is 4.85. The minimum absolute atomic E-state index is 0.0532. The Bertz CT molecular complexity index is 1390. The SMILES string of the molecule is C[C@H](NC(=O)c1ccc(CN(c2ccccc2F)S(C)(=O)=O)cc1)c1ccc(S(C)(=O)=O)cc1. The van der Waals surface area contributed by atoms with Crippen molar-refractivity contribution in [3.05, 3.63) is 95.3 Å². The van der Waals surface area contributed by atoms with Gasteiger partial charge in [-0.2, -0.15) is 0 Å². The summed E-state index contributed by atoms with van der Waals surface area (Å²) in [5.41, 5.74) is 1.63. The van der Waals surface area contributed by atoms with Crippen molar-refractivity contribution in [2.45, 2.75) is 24.4 Å². The number of carbonyl (C=O) groups is 1. The number of nitrogens with one attached hydrogen (secondary N) is 1. The van der Waals surface area contributed by atoms with Crippen LogP contribution in [-0.4, -0.2) is 35.3 Å². The van der Waals surface area contributed by atoms with Gasteiger partial charge in [0.1, 0.15) is 5.82 Å². The number of rotatable bonds is 8. The average molecular weight is 505 g/mol. The topological polar surface area (TPSA) is 101 Å². The number of benzene rings is 3. The first-order chi connectivity index (χ1) is 15.9. The molecular formula is C24H25FN2O5S2. The van der Waals surface area contributed by atoms with Crippen LogP contribution in [0.2, 0.25) is 0 Å². The highest BCUT2D eigenvalue weighted by atomic mass is 32.2.